The van der Waals surface area contributed by atoms with Crippen LogP contribution in [0.2, 0.25) is 0 Å². The molecular formula is C19H20FNO3. The van der Waals surface area contributed by atoms with Gasteiger partial charge in [-0.25, -0.2) is 4.39 Å². The first-order valence-corrected chi connectivity index (χ1v) is 8.08. The van der Waals surface area contributed by atoms with Gasteiger partial charge in [-0.1, -0.05) is 18.2 Å². The third-order valence-electron chi connectivity index (χ3n) is 3.95. The maximum absolute atomic E-state index is 12.9. The summed E-state index contributed by atoms with van der Waals surface area (Å²) in [6.07, 6.45) is 1.83. The molecule has 0 radical (unpaired) electrons. The van der Waals surface area contributed by atoms with E-state index in [9.17, 15) is 9.18 Å². The Hall–Kier alpha value is -2.56. The highest BCUT2D eigenvalue weighted by Crippen LogP contribution is 2.18. The maximum Gasteiger partial charge on any atom is 0.260 e. The topological polar surface area (TPSA) is 38.8 Å². The van der Waals surface area contributed by atoms with Gasteiger partial charge in [0.15, 0.2) is 6.61 Å². The first-order valence-electron chi connectivity index (χ1n) is 8.08. The number of hydrogen-bond acceptors (Lipinski definition) is 3. The number of benzene rings is 2. The Balaban J connectivity index is 1.50. The van der Waals surface area contributed by atoms with Gasteiger partial charge in [0.1, 0.15) is 23.4 Å². The van der Waals surface area contributed by atoms with E-state index in [0.717, 1.165) is 18.6 Å². The van der Waals surface area contributed by atoms with Crippen molar-refractivity contribution in [1.82, 2.24) is 4.90 Å². The fourth-order valence-corrected chi connectivity index (χ4v) is 2.72. The fourth-order valence-electron chi connectivity index (χ4n) is 2.72. The molecule has 1 saturated heterocycles. The van der Waals surface area contributed by atoms with Crippen LogP contribution in [0.3, 0.4) is 0 Å². The van der Waals surface area contributed by atoms with E-state index >= 15 is 0 Å². The van der Waals surface area contributed by atoms with Crippen LogP contribution in [0.15, 0.2) is 54.6 Å². The normalized spacial score (nSPS) is 17.4. The molecular weight excluding hydrogens is 309 g/mol. The van der Waals surface area contributed by atoms with E-state index in [1.807, 2.05) is 30.3 Å². The minimum absolute atomic E-state index is 0.00378. The van der Waals surface area contributed by atoms with Crippen molar-refractivity contribution in [2.75, 3.05) is 19.7 Å². The lowest BCUT2D eigenvalue weighted by Crippen LogP contribution is -2.46. The van der Waals surface area contributed by atoms with Gasteiger partial charge in [0, 0.05) is 6.54 Å². The first kappa shape index (κ1) is 16.3. The summed E-state index contributed by atoms with van der Waals surface area (Å²) in [7, 11) is 0. The molecule has 0 N–H and O–H groups in total. The number of piperidine rings is 1. The molecule has 5 heteroatoms. The van der Waals surface area contributed by atoms with Gasteiger partial charge >= 0.3 is 0 Å². The Bertz CT molecular complexity index is 660. The van der Waals surface area contributed by atoms with Crippen LogP contribution in [0.1, 0.15) is 12.8 Å². The Kier molecular flexibility index (Phi) is 5.31. The van der Waals surface area contributed by atoms with Gasteiger partial charge in [0.2, 0.25) is 0 Å². The van der Waals surface area contributed by atoms with Crippen molar-refractivity contribution >= 4 is 5.91 Å². The van der Waals surface area contributed by atoms with Crippen LogP contribution < -0.4 is 9.47 Å². The van der Waals surface area contributed by atoms with E-state index in [2.05, 4.69) is 0 Å². The Labute approximate surface area is 140 Å². The second-order valence-corrected chi connectivity index (χ2v) is 5.78. The number of likely N-dealkylation sites (tertiary alicyclic amines) is 1. The quantitative estimate of drug-likeness (QED) is 0.845. The average molecular weight is 329 g/mol. The van der Waals surface area contributed by atoms with E-state index in [4.69, 9.17) is 9.47 Å². The van der Waals surface area contributed by atoms with Crippen molar-refractivity contribution in [2.24, 2.45) is 0 Å². The van der Waals surface area contributed by atoms with E-state index < -0.39 is 0 Å². The van der Waals surface area contributed by atoms with E-state index in [0.29, 0.717) is 18.8 Å². The monoisotopic (exact) mass is 329 g/mol. The van der Waals surface area contributed by atoms with Gasteiger partial charge in [-0.05, 0) is 49.2 Å². The molecule has 0 aromatic heterocycles. The second-order valence-electron chi connectivity index (χ2n) is 5.78. The van der Waals surface area contributed by atoms with Crippen LogP contribution in [-0.2, 0) is 4.79 Å². The molecule has 0 bridgehead atoms. The molecule has 1 fully saturated rings. The van der Waals surface area contributed by atoms with Crippen LogP contribution in [0.5, 0.6) is 11.5 Å². The Morgan fingerprint density at radius 2 is 1.83 bits per heavy atom. The predicted molar refractivity (Wildman–Crippen MR) is 88.6 cm³/mol. The highest BCUT2D eigenvalue weighted by Gasteiger charge is 2.25. The van der Waals surface area contributed by atoms with Crippen LogP contribution >= 0.6 is 0 Å². The Morgan fingerprint density at radius 1 is 1.08 bits per heavy atom. The fraction of sp³-hybridized carbons (Fsp3) is 0.316. The molecule has 0 spiro atoms. The molecule has 1 atom stereocenters. The van der Waals surface area contributed by atoms with Crippen molar-refractivity contribution in [1.29, 1.82) is 0 Å². The number of rotatable bonds is 5. The molecule has 1 heterocycles. The van der Waals surface area contributed by atoms with Gasteiger partial charge < -0.3 is 14.4 Å². The smallest absolute Gasteiger partial charge is 0.260 e. The predicted octanol–water partition coefficient (Wildman–Crippen LogP) is 3.27. The van der Waals surface area contributed by atoms with Crippen LogP contribution in [0.4, 0.5) is 4.39 Å². The van der Waals surface area contributed by atoms with Crippen molar-refractivity contribution < 1.29 is 18.7 Å². The van der Waals surface area contributed by atoms with Crippen LogP contribution in [0.25, 0.3) is 0 Å². The molecule has 1 aliphatic heterocycles. The number of hydrogen-bond donors (Lipinski definition) is 0. The van der Waals surface area contributed by atoms with Crippen molar-refractivity contribution in [2.45, 2.75) is 18.9 Å². The number of amides is 1. The third kappa shape index (κ3) is 4.47. The number of carbonyl (C=O) groups is 1. The minimum Gasteiger partial charge on any atom is -0.489 e. The third-order valence-corrected chi connectivity index (χ3v) is 3.95. The summed E-state index contributed by atoms with van der Waals surface area (Å²) >= 11 is 0. The highest BCUT2D eigenvalue weighted by atomic mass is 19.1. The molecule has 0 saturated carbocycles. The molecule has 0 aliphatic carbocycles. The lowest BCUT2D eigenvalue weighted by atomic mass is 10.1. The molecule has 1 aliphatic rings. The summed E-state index contributed by atoms with van der Waals surface area (Å²) in [4.78, 5) is 14.1. The molecule has 3 rings (SSSR count). The largest absolute Gasteiger partial charge is 0.489 e. The zero-order chi connectivity index (χ0) is 16.8. The number of nitrogens with zero attached hydrogens (tertiary/aromatic N) is 1. The van der Waals surface area contributed by atoms with Gasteiger partial charge in [0.05, 0.1) is 6.54 Å². The summed E-state index contributed by atoms with van der Waals surface area (Å²) in [5, 5.41) is 0. The van der Waals surface area contributed by atoms with Gasteiger partial charge in [-0.15, -0.1) is 0 Å². The average Bonchev–Trinajstić information content (AvgIpc) is 2.62. The summed E-state index contributed by atoms with van der Waals surface area (Å²) in [5.74, 6) is 0.893. The summed E-state index contributed by atoms with van der Waals surface area (Å²) in [6, 6.07) is 15.3. The first-order chi connectivity index (χ1) is 11.7. The van der Waals surface area contributed by atoms with Crippen LogP contribution in [-0.4, -0.2) is 36.6 Å². The number of para-hydroxylation sites is 1. The van der Waals surface area contributed by atoms with E-state index in [-0.39, 0.29) is 24.4 Å². The minimum atomic E-state index is -0.328. The molecule has 1 amide bonds. The standard InChI is InChI=1S/C19H20FNO3/c20-15-8-10-16(11-9-15)23-14-19(22)21-12-4-7-18(13-21)24-17-5-2-1-3-6-17/h1-3,5-6,8-11,18H,4,7,12-14H2. The van der Waals surface area contributed by atoms with E-state index in [1.165, 1.54) is 24.3 Å². The number of halogens is 1. The zero-order valence-corrected chi connectivity index (χ0v) is 13.4. The molecule has 126 valence electrons. The number of ether oxygens (including phenoxy) is 2. The lowest BCUT2D eigenvalue weighted by molar-refractivity contribution is -0.136. The number of carbonyl (C=O) groups excluding carboxylic acids is 1. The zero-order valence-electron chi connectivity index (χ0n) is 13.4. The summed E-state index contributed by atoms with van der Waals surface area (Å²) < 4.78 is 24.2. The Morgan fingerprint density at radius 3 is 2.58 bits per heavy atom. The molecule has 24 heavy (non-hydrogen) atoms. The maximum atomic E-state index is 12.9. The summed E-state index contributed by atoms with van der Waals surface area (Å²) in [6.45, 7) is 1.21. The molecule has 2 aromatic rings. The molecule has 2 aromatic carbocycles. The van der Waals surface area contributed by atoms with Crippen molar-refractivity contribution in [3.05, 3.63) is 60.4 Å². The van der Waals surface area contributed by atoms with E-state index in [1.54, 1.807) is 4.90 Å². The van der Waals surface area contributed by atoms with Gasteiger partial charge in [-0.2, -0.15) is 0 Å². The highest BCUT2D eigenvalue weighted by molar-refractivity contribution is 5.77. The second kappa shape index (κ2) is 7.81. The van der Waals surface area contributed by atoms with Crippen molar-refractivity contribution in [3.8, 4) is 11.5 Å². The van der Waals surface area contributed by atoms with Gasteiger partial charge in [0.25, 0.3) is 5.91 Å². The SMILES string of the molecule is O=C(COc1ccc(F)cc1)N1CCCC(Oc2ccccc2)C1. The lowest BCUT2D eigenvalue weighted by Gasteiger charge is -2.32. The summed E-state index contributed by atoms with van der Waals surface area (Å²) in [5.41, 5.74) is 0. The molecule has 1 unspecified atom stereocenters. The van der Waals surface area contributed by atoms with Gasteiger partial charge in [-0.3, -0.25) is 4.79 Å². The molecule has 4 nitrogen and oxygen atoms in total. The van der Waals surface area contributed by atoms with Crippen molar-refractivity contribution in [3.63, 3.8) is 0 Å². The van der Waals surface area contributed by atoms with Crippen LogP contribution in [0, 0.1) is 5.82 Å².